The van der Waals surface area contributed by atoms with Crippen molar-refractivity contribution in [3.8, 4) is 0 Å². The molecule has 4 rings (SSSR count). The molecule has 11 heteroatoms. The Kier molecular flexibility index (Phi) is 11.3. The highest BCUT2D eigenvalue weighted by Crippen LogP contribution is 2.30. The van der Waals surface area contributed by atoms with Crippen molar-refractivity contribution in [3.63, 3.8) is 0 Å². The quantitative estimate of drug-likeness (QED) is 0.118. The van der Waals surface area contributed by atoms with E-state index in [4.69, 9.17) is 34.8 Å². The first-order valence-electron chi connectivity index (χ1n) is 13.0. The summed E-state index contributed by atoms with van der Waals surface area (Å²) in [6, 6.07) is 24.3. The molecule has 43 heavy (non-hydrogen) atoms. The van der Waals surface area contributed by atoms with Gasteiger partial charge < -0.3 is 16.0 Å². The molecule has 3 N–H and O–H groups in total. The second kappa shape index (κ2) is 15.1. The number of carbonyl (C=O) groups is 3. The molecule has 6 nitrogen and oxygen atoms in total. The molecule has 0 saturated carbocycles. The molecule has 0 aliphatic carbocycles. The molecule has 0 saturated heterocycles. The first kappa shape index (κ1) is 32.1. The van der Waals surface area contributed by atoms with Gasteiger partial charge in [-0.2, -0.15) is 0 Å². The third-order valence-electron chi connectivity index (χ3n) is 6.04. The largest absolute Gasteiger partial charge is 0.325 e. The van der Waals surface area contributed by atoms with Gasteiger partial charge in [-0.3, -0.25) is 14.4 Å². The van der Waals surface area contributed by atoms with Gasteiger partial charge in [0, 0.05) is 37.4 Å². The Morgan fingerprint density at radius 3 is 2.16 bits per heavy atom. The highest BCUT2D eigenvalue weighted by Gasteiger charge is 2.20. The van der Waals surface area contributed by atoms with Gasteiger partial charge in [-0.05, 0) is 73.2 Å². The first-order valence-corrected chi connectivity index (χ1v) is 15.0. The minimum atomic E-state index is -0.611. The minimum absolute atomic E-state index is 0.0781. The van der Waals surface area contributed by atoms with E-state index in [2.05, 4.69) is 16.0 Å². The molecule has 0 aliphatic rings. The molecule has 0 spiro atoms. The van der Waals surface area contributed by atoms with Crippen molar-refractivity contribution in [1.82, 2.24) is 5.32 Å². The minimum Gasteiger partial charge on any atom is -0.325 e. The average molecular weight is 657 g/mol. The fourth-order valence-corrected chi connectivity index (χ4v) is 5.56. The number of carbonyl (C=O) groups excluding carboxylic acids is 3. The van der Waals surface area contributed by atoms with Crippen molar-refractivity contribution in [2.45, 2.75) is 23.5 Å². The topological polar surface area (TPSA) is 87.3 Å². The number of anilines is 2. The van der Waals surface area contributed by atoms with E-state index in [1.807, 2.05) is 13.0 Å². The van der Waals surface area contributed by atoms with Crippen molar-refractivity contribution >= 4 is 81.7 Å². The molecule has 1 atom stereocenters. The van der Waals surface area contributed by atoms with Gasteiger partial charge in [0.2, 0.25) is 5.91 Å². The van der Waals surface area contributed by atoms with Crippen molar-refractivity contribution in [2.75, 3.05) is 10.6 Å². The third-order valence-corrected chi connectivity index (χ3v) is 8.34. The van der Waals surface area contributed by atoms with E-state index in [0.717, 1.165) is 0 Å². The van der Waals surface area contributed by atoms with Crippen molar-refractivity contribution < 1.29 is 18.8 Å². The standard InChI is InChI=1S/C32H25Cl3FN3O3S/c1-2-29(32(42)38-21-14-15-27(36)26(35)17-21)43-22-11-6-10-20(16-22)37-31(41)28(18-23-24(33)12-7-13-25(23)34)39-30(40)19-8-4-3-5-9-19/h3-18,29H,2H2,1H3,(H,37,41)(H,38,42)(H,39,40)/b28-18+. The summed E-state index contributed by atoms with van der Waals surface area (Å²) < 4.78 is 13.5. The lowest BCUT2D eigenvalue weighted by Crippen LogP contribution is -2.30. The zero-order chi connectivity index (χ0) is 30.9. The van der Waals surface area contributed by atoms with E-state index in [1.165, 1.54) is 36.0 Å². The summed E-state index contributed by atoms with van der Waals surface area (Å²) in [6.45, 7) is 1.87. The van der Waals surface area contributed by atoms with Crippen LogP contribution in [0.15, 0.2) is 102 Å². The van der Waals surface area contributed by atoms with Crippen LogP contribution in [0.3, 0.4) is 0 Å². The van der Waals surface area contributed by atoms with Crippen LogP contribution in [0.4, 0.5) is 15.8 Å². The van der Waals surface area contributed by atoms with E-state index in [0.29, 0.717) is 43.9 Å². The number of amides is 3. The fourth-order valence-electron chi connectivity index (χ4n) is 3.86. The molecule has 0 aliphatic heterocycles. The van der Waals surface area contributed by atoms with E-state index in [-0.39, 0.29) is 16.6 Å². The highest BCUT2D eigenvalue weighted by molar-refractivity contribution is 8.00. The maximum Gasteiger partial charge on any atom is 0.272 e. The van der Waals surface area contributed by atoms with Crippen LogP contribution in [0.5, 0.6) is 0 Å². The second-order valence-corrected chi connectivity index (χ2v) is 11.6. The fraction of sp³-hybridized carbons (Fsp3) is 0.0938. The third kappa shape index (κ3) is 8.84. The Morgan fingerprint density at radius 2 is 1.49 bits per heavy atom. The lowest BCUT2D eigenvalue weighted by atomic mass is 10.1. The highest BCUT2D eigenvalue weighted by atomic mass is 35.5. The summed E-state index contributed by atoms with van der Waals surface area (Å²) in [5, 5.41) is 8.24. The van der Waals surface area contributed by atoms with Gasteiger partial charge in [0.05, 0.1) is 10.3 Å². The summed E-state index contributed by atoms with van der Waals surface area (Å²) in [5.41, 5.74) is 1.46. The van der Waals surface area contributed by atoms with E-state index in [9.17, 15) is 18.8 Å². The number of benzene rings is 4. The molecule has 0 heterocycles. The summed E-state index contributed by atoms with van der Waals surface area (Å²) >= 11 is 19.8. The molecular weight excluding hydrogens is 632 g/mol. The monoisotopic (exact) mass is 655 g/mol. The van der Waals surface area contributed by atoms with Gasteiger partial charge in [0.15, 0.2) is 0 Å². The number of halogens is 4. The van der Waals surface area contributed by atoms with Crippen LogP contribution in [-0.2, 0) is 9.59 Å². The van der Waals surface area contributed by atoms with Crippen LogP contribution >= 0.6 is 46.6 Å². The summed E-state index contributed by atoms with van der Waals surface area (Å²) in [6.07, 6.45) is 1.91. The van der Waals surface area contributed by atoms with Gasteiger partial charge in [0.25, 0.3) is 11.8 Å². The lowest BCUT2D eigenvalue weighted by molar-refractivity contribution is -0.116. The van der Waals surface area contributed by atoms with Crippen molar-refractivity contribution in [2.24, 2.45) is 0 Å². The van der Waals surface area contributed by atoms with Crippen LogP contribution in [0.25, 0.3) is 6.08 Å². The summed E-state index contributed by atoms with van der Waals surface area (Å²) in [5.74, 6) is -1.96. The number of rotatable bonds is 10. The lowest BCUT2D eigenvalue weighted by Gasteiger charge is -2.16. The predicted octanol–water partition coefficient (Wildman–Crippen LogP) is 8.70. The molecule has 0 aromatic heterocycles. The Hall–Kier alpha value is -3.82. The van der Waals surface area contributed by atoms with Gasteiger partial charge in [-0.15, -0.1) is 11.8 Å². The first-order chi connectivity index (χ1) is 20.6. The van der Waals surface area contributed by atoms with Gasteiger partial charge in [-0.1, -0.05) is 72.1 Å². The smallest absolute Gasteiger partial charge is 0.272 e. The molecule has 220 valence electrons. The van der Waals surface area contributed by atoms with E-state index in [1.54, 1.807) is 66.7 Å². The van der Waals surface area contributed by atoms with Crippen molar-refractivity contribution in [1.29, 1.82) is 0 Å². The van der Waals surface area contributed by atoms with Crippen LogP contribution in [-0.4, -0.2) is 23.0 Å². The Balaban J connectivity index is 1.53. The van der Waals surface area contributed by atoms with Crippen LogP contribution in [0, 0.1) is 5.82 Å². The van der Waals surface area contributed by atoms with Crippen LogP contribution in [0.2, 0.25) is 15.1 Å². The number of hydrogen-bond donors (Lipinski definition) is 3. The second-order valence-electron chi connectivity index (χ2n) is 9.13. The Bertz CT molecular complexity index is 1660. The normalized spacial score (nSPS) is 11.9. The zero-order valence-corrected chi connectivity index (χ0v) is 25.8. The van der Waals surface area contributed by atoms with Gasteiger partial charge in [0.1, 0.15) is 11.5 Å². The number of hydrogen-bond acceptors (Lipinski definition) is 4. The molecule has 1 unspecified atom stereocenters. The Morgan fingerprint density at radius 1 is 0.814 bits per heavy atom. The molecule has 0 fully saturated rings. The molecule has 3 amide bonds. The summed E-state index contributed by atoms with van der Waals surface area (Å²) in [4.78, 5) is 40.1. The van der Waals surface area contributed by atoms with Crippen molar-refractivity contribution in [3.05, 3.63) is 129 Å². The molecule has 4 aromatic carbocycles. The molecule has 4 aromatic rings. The van der Waals surface area contributed by atoms with E-state index >= 15 is 0 Å². The number of nitrogens with one attached hydrogen (secondary N) is 3. The average Bonchev–Trinajstić information content (AvgIpc) is 2.99. The van der Waals surface area contributed by atoms with Crippen LogP contribution < -0.4 is 16.0 Å². The maximum atomic E-state index is 13.5. The van der Waals surface area contributed by atoms with Gasteiger partial charge >= 0.3 is 0 Å². The van der Waals surface area contributed by atoms with Crippen LogP contribution in [0.1, 0.15) is 29.3 Å². The SMILES string of the molecule is CCC(Sc1cccc(NC(=O)/C(=C\c2c(Cl)cccc2Cl)NC(=O)c2ccccc2)c1)C(=O)Nc1ccc(F)c(Cl)c1. The molecule has 0 radical (unpaired) electrons. The predicted molar refractivity (Wildman–Crippen MR) is 173 cm³/mol. The molecule has 0 bridgehead atoms. The number of thioether (sulfide) groups is 1. The Labute approximate surface area is 267 Å². The molecular formula is C32H25Cl3FN3O3S. The summed E-state index contributed by atoms with van der Waals surface area (Å²) in [7, 11) is 0. The zero-order valence-electron chi connectivity index (χ0n) is 22.7. The van der Waals surface area contributed by atoms with E-state index < -0.39 is 22.9 Å². The van der Waals surface area contributed by atoms with Gasteiger partial charge in [-0.25, -0.2) is 4.39 Å². The maximum absolute atomic E-state index is 13.5.